The number of amides is 2. The van der Waals surface area contributed by atoms with Crippen LogP contribution in [0.3, 0.4) is 0 Å². The molecule has 0 saturated carbocycles. The number of nitrogens with zero attached hydrogens (tertiary/aromatic N) is 3. The highest BCUT2D eigenvalue weighted by atomic mass is 16.4. The molecule has 0 aliphatic carbocycles. The maximum Gasteiger partial charge on any atom is 0.341 e. The molecule has 0 aliphatic heterocycles. The number of nitrogens with one attached hydrogen (secondary N) is 3. The summed E-state index contributed by atoms with van der Waals surface area (Å²) in [6, 6.07) is 2.71. The van der Waals surface area contributed by atoms with Crippen molar-refractivity contribution < 1.29 is 14.7 Å². The van der Waals surface area contributed by atoms with Crippen LogP contribution in [0.4, 0.5) is 22.2 Å². The number of anilines is 3. The van der Waals surface area contributed by atoms with Gasteiger partial charge >= 0.3 is 12.0 Å². The van der Waals surface area contributed by atoms with E-state index in [9.17, 15) is 9.59 Å². The zero-order valence-corrected chi connectivity index (χ0v) is 12.4. The van der Waals surface area contributed by atoms with Crippen molar-refractivity contribution >= 4 is 29.5 Å². The summed E-state index contributed by atoms with van der Waals surface area (Å²) in [5.74, 6) is -0.981. The Kier molecular flexibility index (Phi) is 5.40. The molecular weight excluding hydrogens is 300 g/mol. The van der Waals surface area contributed by atoms with Gasteiger partial charge < -0.3 is 15.7 Å². The lowest BCUT2D eigenvalue weighted by molar-refractivity contribution is 0.0697. The smallest absolute Gasteiger partial charge is 0.341 e. The van der Waals surface area contributed by atoms with Crippen molar-refractivity contribution in [2.45, 2.75) is 13.3 Å². The minimum absolute atomic E-state index is 0.000147. The van der Waals surface area contributed by atoms with Crippen LogP contribution >= 0.6 is 0 Å². The molecule has 0 radical (unpaired) electrons. The first-order valence-electron chi connectivity index (χ1n) is 6.92. The van der Waals surface area contributed by atoms with Gasteiger partial charge in [-0.15, -0.1) is 0 Å². The SMILES string of the molecule is CCCNc1nc(NC(=O)Nc2ccncc2)ncc1C(=O)O. The van der Waals surface area contributed by atoms with Crippen LogP contribution in [0.5, 0.6) is 0 Å². The van der Waals surface area contributed by atoms with Gasteiger partial charge in [0.15, 0.2) is 0 Å². The maximum atomic E-state index is 11.9. The van der Waals surface area contributed by atoms with E-state index in [1.165, 1.54) is 0 Å². The van der Waals surface area contributed by atoms with Crippen LogP contribution in [-0.4, -0.2) is 38.6 Å². The summed E-state index contributed by atoms with van der Waals surface area (Å²) in [5.41, 5.74) is 0.502. The fourth-order valence-corrected chi connectivity index (χ4v) is 1.68. The molecule has 2 aromatic rings. The first-order valence-corrected chi connectivity index (χ1v) is 6.92. The molecule has 0 spiro atoms. The Morgan fingerprint density at radius 3 is 2.61 bits per heavy atom. The van der Waals surface area contributed by atoms with Crippen LogP contribution < -0.4 is 16.0 Å². The van der Waals surface area contributed by atoms with E-state index in [0.29, 0.717) is 12.2 Å². The molecule has 9 nitrogen and oxygen atoms in total. The van der Waals surface area contributed by atoms with Crippen LogP contribution in [0.25, 0.3) is 0 Å². The van der Waals surface area contributed by atoms with Gasteiger partial charge in [-0.1, -0.05) is 6.92 Å². The number of hydrogen-bond acceptors (Lipinski definition) is 6. The lowest BCUT2D eigenvalue weighted by Crippen LogP contribution is -2.22. The highest BCUT2D eigenvalue weighted by Gasteiger charge is 2.14. The number of rotatable bonds is 6. The molecule has 0 aromatic carbocycles. The van der Waals surface area contributed by atoms with E-state index in [1.54, 1.807) is 24.5 Å². The Hall–Kier alpha value is -3.23. The Labute approximate surface area is 132 Å². The number of carboxylic acids is 1. The van der Waals surface area contributed by atoms with Crippen molar-refractivity contribution in [1.82, 2.24) is 15.0 Å². The molecule has 2 amide bonds. The van der Waals surface area contributed by atoms with Crippen molar-refractivity contribution in [1.29, 1.82) is 0 Å². The first kappa shape index (κ1) is 16.1. The number of aromatic nitrogens is 3. The second-order valence-corrected chi connectivity index (χ2v) is 4.50. The van der Waals surface area contributed by atoms with E-state index in [2.05, 4.69) is 30.9 Å². The third kappa shape index (κ3) is 4.63. The van der Waals surface area contributed by atoms with E-state index in [-0.39, 0.29) is 17.3 Å². The Bertz CT molecular complexity index is 692. The molecule has 120 valence electrons. The third-order valence-electron chi connectivity index (χ3n) is 2.73. The van der Waals surface area contributed by atoms with Crippen LogP contribution in [0.1, 0.15) is 23.7 Å². The van der Waals surface area contributed by atoms with E-state index >= 15 is 0 Å². The Balaban J connectivity index is 2.10. The second kappa shape index (κ2) is 7.69. The topological polar surface area (TPSA) is 129 Å². The van der Waals surface area contributed by atoms with Gasteiger partial charge in [-0.2, -0.15) is 4.98 Å². The summed E-state index contributed by atoms with van der Waals surface area (Å²) in [6.07, 6.45) is 5.03. The largest absolute Gasteiger partial charge is 0.477 e. The van der Waals surface area contributed by atoms with E-state index < -0.39 is 12.0 Å². The predicted octanol–water partition coefficient (Wildman–Crippen LogP) is 2.04. The minimum Gasteiger partial charge on any atom is -0.477 e. The fraction of sp³-hybridized carbons (Fsp3) is 0.214. The molecule has 2 rings (SSSR count). The van der Waals surface area contributed by atoms with Gasteiger partial charge in [-0.05, 0) is 18.6 Å². The number of urea groups is 1. The van der Waals surface area contributed by atoms with Crippen molar-refractivity contribution in [3.63, 3.8) is 0 Å². The highest BCUT2D eigenvalue weighted by molar-refractivity contribution is 5.99. The Morgan fingerprint density at radius 2 is 1.96 bits per heavy atom. The molecule has 2 aromatic heterocycles. The van der Waals surface area contributed by atoms with Crippen LogP contribution in [0.2, 0.25) is 0 Å². The lowest BCUT2D eigenvalue weighted by atomic mass is 10.3. The standard InChI is InChI=1S/C14H16N6O3/c1-2-5-16-11-10(12(21)22)8-17-13(19-11)20-14(23)18-9-3-6-15-7-4-9/h3-4,6-8H,2,5H2,1H3,(H,21,22)(H3,15,16,17,18,19,20,23). The first-order chi connectivity index (χ1) is 11.1. The zero-order valence-electron chi connectivity index (χ0n) is 12.4. The molecule has 0 atom stereocenters. The summed E-state index contributed by atoms with van der Waals surface area (Å²) >= 11 is 0. The number of hydrogen-bond donors (Lipinski definition) is 4. The summed E-state index contributed by atoms with van der Waals surface area (Å²) in [4.78, 5) is 34.7. The number of aromatic carboxylic acids is 1. The van der Waals surface area contributed by atoms with Gasteiger partial charge in [0.1, 0.15) is 11.4 Å². The molecular formula is C14H16N6O3. The molecule has 4 N–H and O–H groups in total. The van der Waals surface area contributed by atoms with Crippen LogP contribution in [-0.2, 0) is 0 Å². The van der Waals surface area contributed by atoms with Crippen molar-refractivity contribution in [2.75, 3.05) is 22.5 Å². The average molecular weight is 316 g/mol. The zero-order chi connectivity index (χ0) is 16.7. The monoisotopic (exact) mass is 316 g/mol. The highest BCUT2D eigenvalue weighted by Crippen LogP contribution is 2.14. The molecule has 0 saturated heterocycles. The normalized spacial score (nSPS) is 9.96. The van der Waals surface area contributed by atoms with Crippen LogP contribution in [0.15, 0.2) is 30.7 Å². The molecule has 9 heteroatoms. The Morgan fingerprint density at radius 1 is 1.22 bits per heavy atom. The average Bonchev–Trinajstić information content (AvgIpc) is 2.53. The van der Waals surface area contributed by atoms with Crippen molar-refractivity contribution in [2.24, 2.45) is 0 Å². The third-order valence-corrected chi connectivity index (χ3v) is 2.73. The summed E-state index contributed by atoms with van der Waals surface area (Å²) in [5, 5.41) is 17.0. The summed E-state index contributed by atoms with van der Waals surface area (Å²) in [7, 11) is 0. The van der Waals surface area contributed by atoms with Crippen molar-refractivity contribution in [3.05, 3.63) is 36.3 Å². The van der Waals surface area contributed by atoms with Gasteiger partial charge in [0.25, 0.3) is 0 Å². The van der Waals surface area contributed by atoms with Crippen LogP contribution in [0, 0.1) is 0 Å². The van der Waals surface area contributed by atoms with Gasteiger partial charge in [0.05, 0.1) is 0 Å². The molecule has 0 aliphatic rings. The summed E-state index contributed by atoms with van der Waals surface area (Å²) in [6.45, 7) is 2.50. The van der Waals surface area contributed by atoms with Gasteiger partial charge in [0.2, 0.25) is 5.95 Å². The predicted molar refractivity (Wildman–Crippen MR) is 84.7 cm³/mol. The molecule has 0 fully saturated rings. The summed E-state index contributed by atoms with van der Waals surface area (Å²) < 4.78 is 0. The molecule has 2 heterocycles. The minimum atomic E-state index is -1.14. The molecule has 0 unspecified atom stereocenters. The fourth-order valence-electron chi connectivity index (χ4n) is 1.68. The number of carbonyl (C=O) groups excluding carboxylic acids is 1. The quantitative estimate of drug-likeness (QED) is 0.641. The number of carbonyl (C=O) groups is 2. The van der Waals surface area contributed by atoms with E-state index in [0.717, 1.165) is 12.6 Å². The van der Waals surface area contributed by atoms with Gasteiger partial charge in [0, 0.05) is 30.8 Å². The van der Waals surface area contributed by atoms with E-state index in [1.807, 2.05) is 6.92 Å². The second-order valence-electron chi connectivity index (χ2n) is 4.50. The lowest BCUT2D eigenvalue weighted by Gasteiger charge is -2.10. The molecule has 0 bridgehead atoms. The number of pyridine rings is 1. The number of carboxylic acid groups (broad SMARTS) is 1. The maximum absolute atomic E-state index is 11.9. The van der Waals surface area contributed by atoms with Gasteiger partial charge in [-0.25, -0.2) is 14.6 Å². The van der Waals surface area contributed by atoms with Crippen molar-refractivity contribution in [3.8, 4) is 0 Å². The molecule has 23 heavy (non-hydrogen) atoms. The van der Waals surface area contributed by atoms with E-state index in [4.69, 9.17) is 5.11 Å². The van der Waals surface area contributed by atoms with Gasteiger partial charge in [-0.3, -0.25) is 10.3 Å².